The Balaban J connectivity index is 2.97. The fraction of sp³-hybridized carbons (Fsp3) is 0.400. The summed E-state index contributed by atoms with van der Waals surface area (Å²) in [5.41, 5.74) is 0.266. The van der Waals surface area contributed by atoms with Gasteiger partial charge in [0.1, 0.15) is 11.5 Å². The molecular weight excluding hydrogens is 245 g/mol. The third kappa shape index (κ3) is 3.81. The predicted octanol–water partition coefficient (Wildman–Crippen LogP) is 3.72. The first-order chi connectivity index (χ1) is 7.46. The lowest BCUT2D eigenvalue weighted by molar-refractivity contribution is -0.274. The van der Waals surface area contributed by atoms with Gasteiger partial charge in [-0.05, 0) is 13.0 Å². The zero-order valence-electron chi connectivity index (χ0n) is 8.47. The van der Waals surface area contributed by atoms with Crippen molar-refractivity contribution in [2.24, 2.45) is 0 Å². The normalized spacial score (nSPS) is 11.3. The molecule has 0 aromatic heterocycles. The molecule has 0 N–H and O–H groups in total. The highest BCUT2D eigenvalue weighted by atomic mass is 35.5. The number of hydrogen-bond donors (Lipinski definition) is 0. The second-order valence-electron chi connectivity index (χ2n) is 2.88. The van der Waals surface area contributed by atoms with Crippen molar-refractivity contribution in [3.8, 4) is 11.5 Å². The van der Waals surface area contributed by atoms with Crippen LogP contribution in [0, 0.1) is 0 Å². The third-order valence-electron chi connectivity index (χ3n) is 1.72. The number of benzene rings is 1. The van der Waals surface area contributed by atoms with E-state index in [1.54, 1.807) is 13.0 Å². The SMILES string of the molecule is CCOc1ccc(CCl)c(OC(F)(F)F)c1. The highest BCUT2D eigenvalue weighted by molar-refractivity contribution is 6.17. The van der Waals surface area contributed by atoms with E-state index in [0.717, 1.165) is 0 Å². The summed E-state index contributed by atoms with van der Waals surface area (Å²) in [7, 11) is 0. The first-order valence-electron chi connectivity index (χ1n) is 4.53. The average Bonchev–Trinajstić information content (AvgIpc) is 2.16. The summed E-state index contributed by atoms with van der Waals surface area (Å²) in [6.07, 6.45) is -4.73. The Kier molecular flexibility index (Phi) is 4.29. The van der Waals surface area contributed by atoms with Gasteiger partial charge in [0.15, 0.2) is 0 Å². The molecule has 0 saturated carbocycles. The molecule has 0 spiro atoms. The average molecular weight is 255 g/mol. The molecule has 0 aliphatic heterocycles. The first-order valence-corrected chi connectivity index (χ1v) is 5.07. The highest BCUT2D eigenvalue weighted by Crippen LogP contribution is 2.31. The van der Waals surface area contributed by atoms with E-state index in [0.29, 0.717) is 12.4 Å². The molecule has 0 amide bonds. The summed E-state index contributed by atoms with van der Waals surface area (Å²) in [6, 6.07) is 4.16. The van der Waals surface area contributed by atoms with Crippen LogP contribution >= 0.6 is 11.6 Å². The lowest BCUT2D eigenvalue weighted by Gasteiger charge is -2.13. The lowest BCUT2D eigenvalue weighted by atomic mass is 10.2. The zero-order chi connectivity index (χ0) is 12.2. The molecular formula is C10H10ClF3O2. The molecule has 0 fully saturated rings. The van der Waals surface area contributed by atoms with Crippen molar-refractivity contribution >= 4 is 11.6 Å². The minimum atomic E-state index is -4.73. The second kappa shape index (κ2) is 5.30. The minimum absolute atomic E-state index is 0.0577. The number of rotatable bonds is 4. The number of hydrogen-bond acceptors (Lipinski definition) is 2. The Hall–Kier alpha value is -1.10. The van der Waals surface area contributed by atoms with E-state index >= 15 is 0 Å². The molecule has 0 aliphatic rings. The van der Waals surface area contributed by atoms with Crippen LogP contribution in [0.5, 0.6) is 11.5 Å². The van der Waals surface area contributed by atoms with E-state index in [1.807, 2.05) is 0 Å². The van der Waals surface area contributed by atoms with Gasteiger partial charge in [0.25, 0.3) is 0 Å². The summed E-state index contributed by atoms with van der Waals surface area (Å²) in [5, 5.41) is 0. The number of alkyl halides is 4. The summed E-state index contributed by atoms with van der Waals surface area (Å²) in [6.45, 7) is 2.10. The first kappa shape index (κ1) is 13.0. The van der Waals surface area contributed by atoms with Gasteiger partial charge in [-0.1, -0.05) is 6.07 Å². The Morgan fingerprint density at radius 3 is 2.50 bits per heavy atom. The van der Waals surface area contributed by atoms with E-state index < -0.39 is 6.36 Å². The van der Waals surface area contributed by atoms with Crippen LogP contribution in [0.2, 0.25) is 0 Å². The van der Waals surface area contributed by atoms with Crippen molar-refractivity contribution in [2.45, 2.75) is 19.2 Å². The van der Waals surface area contributed by atoms with Gasteiger partial charge in [0.05, 0.1) is 12.5 Å². The van der Waals surface area contributed by atoms with E-state index in [-0.39, 0.29) is 17.2 Å². The van der Waals surface area contributed by atoms with Crippen LogP contribution in [0.1, 0.15) is 12.5 Å². The summed E-state index contributed by atoms with van der Waals surface area (Å²) >= 11 is 5.50. The minimum Gasteiger partial charge on any atom is -0.494 e. The van der Waals surface area contributed by atoms with Gasteiger partial charge in [-0.3, -0.25) is 0 Å². The van der Waals surface area contributed by atoms with Gasteiger partial charge in [-0.2, -0.15) is 0 Å². The fourth-order valence-electron chi connectivity index (χ4n) is 1.12. The fourth-order valence-corrected chi connectivity index (χ4v) is 1.34. The maximum Gasteiger partial charge on any atom is 0.573 e. The van der Waals surface area contributed by atoms with Crippen molar-refractivity contribution in [3.63, 3.8) is 0 Å². The molecule has 0 radical (unpaired) electrons. The molecule has 6 heteroatoms. The lowest BCUT2D eigenvalue weighted by Crippen LogP contribution is -2.18. The zero-order valence-corrected chi connectivity index (χ0v) is 9.23. The molecule has 0 heterocycles. The molecule has 1 aromatic carbocycles. The van der Waals surface area contributed by atoms with Gasteiger partial charge in [-0.25, -0.2) is 0 Å². The molecule has 0 saturated heterocycles. The Bertz CT molecular complexity index is 352. The van der Waals surface area contributed by atoms with Crippen LogP contribution in [0.15, 0.2) is 18.2 Å². The van der Waals surface area contributed by atoms with Crippen molar-refractivity contribution in [3.05, 3.63) is 23.8 Å². The standard InChI is InChI=1S/C10H10ClF3O2/c1-2-15-8-4-3-7(6-11)9(5-8)16-10(12,13)14/h3-5H,2,6H2,1H3. The summed E-state index contributed by atoms with van der Waals surface area (Å²) in [5.74, 6) is -0.0678. The largest absolute Gasteiger partial charge is 0.573 e. The van der Waals surface area contributed by atoms with Crippen molar-refractivity contribution in [1.82, 2.24) is 0 Å². The maximum absolute atomic E-state index is 12.1. The number of ether oxygens (including phenoxy) is 2. The molecule has 0 atom stereocenters. The van der Waals surface area contributed by atoms with Crippen LogP contribution in [0.4, 0.5) is 13.2 Å². The van der Waals surface area contributed by atoms with Crippen LogP contribution in [-0.4, -0.2) is 13.0 Å². The smallest absolute Gasteiger partial charge is 0.494 e. The topological polar surface area (TPSA) is 18.5 Å². The highest BCUT2D eigenvalue weighted by Gasteiger charge is 2.32. The summed E-state index contributed by atoms with van der Waals surface area (Å²) in [4.78, 5) is 0. The van der Waals surface area contributed by atoms with Crippen LogP contribution in [-0.2, 0) is 5.88 Å². The van der Waals surface area contributed by atoms with Crippen LogP contribution in [0.25, 0.3) is 0 Å². The van der Waals surface area contributed by atoms with Gasteiger partial charge < -0.3 is 9.47 Å². The molecule has 2 nitrogen and oxygen atoms in total. The Morgan fingerprint density at radius 2 is 2.00 bits per heavy atom. The molecule has 1 rings (SSSR count). The predicted molar refractivity (Wildman–Crippen MR) is 53.9 cm³/mol. The van der Waals surface area contributed by atoms with Crippen molar-refractivity contribution in [1.29, 1.82) is 0 Å². The second-order valence-corrected chi connectivity index (χ2v) is 3.15. The number of halogens is 4. The van der Waals surface area contributed by atoms with E-state index in [2.05, 4.69) is 4.74 Å². The van der Waals surface area contributed by atoms with Crippen molar-refractivity contribution in [2.75, 3.05) is 6.61 Å². The molecule has 0 aliphatic carbocycles. The molecule has 0 bridgehead atoms. The maximum atomic E-state index is 12.1. The molecule has 90 valence electrons. The van der Waals surface area contributed by atoms with Crippen LogP contribution in [0.3, 0.4) is 0 Å². The van der Waals surface area contributed by atoms with Gasteiger partial charge in [0.2, 0.25) is 0 Å². The quantitative estimate of drug-likeness (QED) is 0.763. The van der Waals surface area contributed by atoms with E-state index in [4.69, 9.17) is 16.3 Å². The van der Waals surface area contributed by atoms with Crippen LogP contribution < -0.4 is 9.47 Å². The third-order valence-corrected chi connectivity index (χ3v) is 2.01. The molecule has 1 aromatic rings. The van der Waals surface area contributed by atoms with Gasteiger partial charge in [-0.15, -0.1) is 24.8 Å². The summed E-state index contributed by atoms with van der Waals surface area (Å²) < 4.78 is 45.1. The molecule has 0 unspecified atom stereocenters. The van der Waals surface area contributed by atoms with Gasteiger partial charge >= 0.3 is 6.36 Å². The molecule has 16 heavy (non-hydrogen) atoms. The monoisotopic (exact) mass is 254 g/mol. The van der Waals surface area contributed by atoms with E-state index in [1.165, 1.54) is 12.1 Å². The van der Waals surface area contributed by atoms with E-state index in [9.17, 15) is 13.2 Å². The van der Waals surface area contributed by atoms with Gasteiger partial charge in [0, 0.05) is 11.6 Å². The Morgan fingerprint density at radius 1 is 1.31 bits per heavy atom. The van der Waals surface area contributed by atoms with Crippen molar-refractivity contribution < 1.29 is 22.6 Å². The Labute approximate surface area is 95.9 Å².